The van der Waals surface area contributed by atoms with Gasteiger partial charge in [0, 0.05) is 10.3 Å². The molecule has 1 aliphatic rings. The first-order valence-electron chi connectivity index (χ1n) is 6.45. The van der Waals surface area contributed by atoms with Gasteiger partial charge in [0.2, 0.25) is 0 Å². The van der Waals surface area contributed by atoms with Crippen LogP contribution in [0.3, 0.4) is 0 Å². The van der Waals surface area contributed by atoms with Crippen molar-refractivity contribution in [3.8, 4) is 0 Å². The molecule has 21 heavy (non-hydrogen) atoms. The van der Waals surface area contributed by atoms with E-state index in [0.29, 0.717) is 28.1 Å². The number of hydrogen-bond acceptors (Lipinski definition) is 2. The first kappa shape index (κ1) is 16.1. The molecule has 0 bridgehead atoms. The molecule has 0 spiro atoms. The summed E-state index contributed by atoms with van der Waals surface area (Å²) in [7, 11) is 0. The Balaban J connectivity index is 2.26. The minimum atomic E-state index is -4.27. The van der Waals surface area contributed by atoms with Gasteiger partial charge < -0.3 is 5.73 Å². The van der Waals surface area contributed by atoms with Crippen LogP contribution in [-0.2, 0) is 0 Å². The Morgan fingerprint density at radius 3 is 2.52 bits per heavy atom. The van der Waals surface area contributed by atoms with E-state index in [2.05, 4.69) is 4.99 Å². The summed E-state index contributed by atoms with van der Waals surface area (Å²) in [6.45, 7) is 3.50. The van der Waals surface area contributed by atoms with Gasteiger partial charge in [-0.25, -0.2) is 9.38 Å². The fourth-order valence-corrected chi connectivity index (χ4v) is 2.55. The molecule has 1 aromatic rings. The number of aliphatic imine (C=N–C) groups is 1. The lowest BCUT2D eigenvalue weighted by molar-refractivity contribution is -0.105. The largest absolute Gasteiger partial charge is 0.398 e. The molecule has 2 N–H and O–H groups in total. The molecule has 7 heteroatoms. The highest BCUT2D eigenvalue weighted by Crippen LogP contribution is 2.46. The van der Waals surface area contributed by atoms with Gasteiger partial charge in [0.05, 0.1) is 5.75 Å². The van der Waals surface area contributed by atoms with E-state index in [0.717, 1.165) is 12.8 Å². The maximum Gasteiger partial charge on any atom is 0.398 e. The van der Waals surface area contributed by atoms with E-state index >= 15 is 0 Å². The third kappa shape index (κ3) is 4.12. The van der Waals surface area contributed by atoms with E-state index in [9.17, 15) is 17.6 Å². The van der Waals surface area contributed by atoms with Crippen LogP contribution in [0.2, 0.25) is 0 Å². The molecule has 2 nitrogen and oxygen atoms in total. The Hall–Kier alpha value is -1.24. The number of amidine groups is 1. The molecule has 1 saturated carbocycles. The van der Waals surface area contributed by atoms with E-state index in [1.165, 1.54) is 12.1 Å². The van der Waals surface area contributed by atoms with Gasteiger partial charge in [-0.05, 0) is 37.5 Å². The van der Waals surface area contributed by atoms with Crippen LogP contribution in [0.1, 0.15) is 25.3 Å². The summed E-state index contributed by atoms with van der Waals surface area (Å²) < 4.78 is 50.7. The molecule has 1 fully saturated rings. The van der Waals surface area contributed by atoms with Crippen molar-refractivity contribution in [2.24, 2.45) is 16.1 Å². The Morgan fingerprint density at radius 2 is 2.00 bits per heavy atom. The number of nitrogens with zero attached hydrogens (tertiary/aromatic N) is 1. The van der Waals surface area contributed by atoms with Crippen LogP contribution in [-0.4, -0.2) is 17.8 Å². The number of alkyl halides is 3. The summed E-state index contributed by atoms with van der Waals surface area (Å²) in [6, 6.07) is 2.53. The fourth-order valence-electron chi connectivity index (χ4n) is 1.75. The van der Waals surface area contributed by atoms with E-state index < -0.39 is 17.7 Å². The van der Waals surface area contributed by atoms with E-state index in [4.69, 9.17) is 5.73 Å². The molecule has 0 radical (unpaired) electrons. The zero-order valence-corrected chi connectivity index (χ0v) is 12.5. The molecular formula is C14H16F4N2S. The SMILES string of the molecule is Cc1cc(F)c(N=C(N)C2(C)CC2)cc1SCC(F)(F)F. The van der Waals surface area contributed by atoms with Crippen LogP contribution in [0.5, 0.6) is 0 Å². The summed E-state index contributed by atoms with van der Waals surface area (Å²) in [5.74, 6) is -1.26. The first-order chi connectivity index (χ1) is 9.61. The summed E-state index contributed by atoms with van der Waals surface area (Å²) in [5, 5.41) is 0. The molecule has 0 amide bonds. The molecule has 2 rings (SSSR count). The average Bonchev–Trinajstić information content (AvgIpc) is 3.09. The molecule has 1 aliphatic carbocycles. The summed E-state index contributed by atoms with van der Waals surface area (Å²) >= 11 is 0.625. The van der Waals surface area contributed by atoms with E-state index in [1.54, 1.807) is 6.92 Å². The summed E-state index contributed by atoms with van der Waals surface area (Å²) in [5.41, 5.74) is 6.10. The predicted octanol–water partition coefficient (Wildman–Crippen LogP) is 4.58. The minimum Gasteiger partial charge on any atom is -0.387 e. The molecule has 0 atom stereocenters. The van der Waals surface area contributed by atoms with Crippen LogP contribution in [0.4, 0.5) is 23.2 Å². The van der Waals surface area contributed by atoms with Crippen LogP contribution in [0.15, 0.2) is 22.0 Å². The third-order valence-electron chi connectivity index (χ3n) is 3.50. The summed E-state index contributed by atoms with van der Waals surface area (Å²) in [4.78, 5) is 4.43. The van der Waals surface area contributed by atoms with Gasteiger partial charge in [-0.15, -0.1) is 11.8 Å². The molecule has 0 unspecified atom stereocenters. The van der Waals surface area contributed by atoms with Gasteiger partial charge in [0.25, 0.3) is 0 Å². The highest BCUT2D eigenvalue weighted by Gasteiger charge is 2.41. The number of aryl methyl sites for hydroxylation is 1. The van der Waals surface area contributed by atoms with Crippen molar-refractivity contribution in [2.75, 3.05) is 5.75 Å². The summed E-state index contributed by atoms with van der Waals surface area (Å²) in [6.07, 6.45) is -2.48. The van der Waals surface area contributed by atoms with Crippen molar-refractivity contribution < 1.29 is 17.6 Å². The van der Waals surface area contributed by atoms with Crippen molar-refractivity contribution in [3.63, 3.8) is 0 Å². The number of hydrogen-bond donors (Lipinski definition) is 1. The molecule has 1 aromatic carbocycles. The second-order valence-electron chi connectivity index (χ2n) is 5.53. The van der Waals surface area contributed by atoms with Crippen molar-refractivity contribution in [3.05, 3.63) is 23.5 Å². The Labute approximate surface area is 124 Å². The molecule has 0 heterocycles. The average molecular weight is 320 g/mol. The van der Waals surface area contributed by atoms with Crippen LogP contribution in [0, 0.1) is 18.2 Å². The maximum absolute atomic E-state index is 13.9. The Morgan fingerprint density at radius 1 is 1.38 bits per heavy atom. The predicted molar refractivity (Wildman–Crippen MR) is 76.5 cm³/mol. The lowest BCUT2D eigenvalue weighted by Crippen LogP contribution is -2.22. The second-order valence-corrected chi connectivity index (χ2v) is 6.55. The van der Waals surface area contributed by atoms with Gasteiger partial charge in [0.1, 0.15) is 17.3 Å². The molecule has 116 valence electrons. The van der Waals surface area contributed by atoms with Crippen molar-refractivity contribution in [2.45, 2.75) is 37.8 Å². The van der Waals surface area contributed by atoms with Crippen LogP contribution in [0.25, 0.3) is 0 Å². The normalized spacial score (nSPS) is 17.9. The van der Waals surface area contributed by atoms with E-state index in [1.807, 2.05) is 6.92 Å². The molecule has 0 saturated heterocycles. The topological polar surface area (TPSA) is 38.4 Å². The van der Waals surface area contributed by atoms with Crippen molar-refractivity contribution >= 4 is 23.3 Å². The third-order valence-corrected chi connectivity index (χ3v) is 4.72. The van der Waals surface area contributed by atoms with Gasteiger partial charge in [-0.2, -0.15) is 13.2 Å². The highest BCUT2D eigenvalue weighted by atomic mass is 32.2. The maximum atomic E-state index is 13.9. The standard InChI is InChI=1S/C14H16F4N2S/c1-8-5-9(15)10(20-12(19)13(2)3-4-13)6-11(8)21-7-14(16,17)18/h5-6H,3-4,7H2,1-2H3,(H2,19,20). The Kier molecular flexibility index (Phi) is 4.24. The quantitative estimate of drug-likeness (QED) is 0.382. The van der Waals surface area contributed by atoms with Gasteiger partial charge in [0.15, 0.2) is 0 Å². The number of benzene rings is 1. The first-order valence-corrected chi connectivity index (χ1v) is 7.44. The fraction of sp³-hybridized carbons (Fsp3) is 0.500. The van der Waals surface area contributed by atoms with Gasteiger partial charge in [-0.1, -0.05) is 6.92 Å². The zero-order valence-electron chi connectivity index (χ0n) is 11.7. The smallest absolute Gasteiger partial charge is 0.387 e. The monoisotopic (exact) mass is 320 g/mol. The molecular weight excluding hydrogens is 304 g/mol. The van der Waals surface area contributed by atoms with Crippen molar-refractivity contribution in [1.82, 2.24) is 0 Å². The highest BCUT2D eigenvalue weighted by molar-refractivity contribution is 7.99. The molecule has 0 aromatic heterocycles. The molecule has 0 aliphatic heterocycles. The van der Waals surface area contributed by atoms with Crippen molar-refractivity contribution in [1.29, 1.82) is 0 Å². The lowest BCUT2D eigenvalue weighted by Gasteiger charge is -2.11. The number of halogens is 4. The van der Waals surface area contributed by atoms with Gasteiger partial charge >= 0.3 is 6.18 Å². The van der Waals surface area contributed by atoms with Crippen LogP contribution < -0.4 is 5.73 Å². The number of rotatable bonds is 4. The lowest BCUT2D eigenvalue weighted by atomic mass is 10.1. The van der Waals surface area contributed by atoms with Crippen LogP contribution >= 0.6 is 11.8 Å². The zero-order chi connectivity index (χ0) is 15.8. The number of nitrogens with two attached hydrogens (primary N) is 1. The van der Waals surface area contributed by atoms with E-state index in [-0.39, 0.29) is 11.1 Å². The van der Waals surface area contributed by atoms with Gasteiger partial charge in [-0.3, -0.25) is 0 Å². The minimum absolute atomic E-state index is 0.00380. The second kappa shape index (κ2) is 5.51. The number of thioether (sulfide) groups is 1. The Bertz CT molecular complexity index is 577.